The second-order valence-corrected chi connectivity index (χ2v) is 5.44. The molecule has 0 saturated carbocycles. The van der Waals surface area contributed by atoms with E-state index in [0.717, 1.165) is 19.6 Å². The first-order valence-corrected chi connectivity index (χ1v) is 7.28. The molecule has 0 spiro atoms. The maximum atomic E-state index is 12.5. The lowest BCUT2D eigenvalue weighted by molar-refractivity contribution is -0.139. The first-order chi connectivity index (χ1) is 10.2. The highest BCUT2D eigenvalue weighted by atomic mass is 16.2. The highest BCUT2D eigenvalue weighted by molar-refractivity contribution is 5.97. The van der Waals surface area contributed by atoms with Crippen LogP contribution in [0.4, 0.5) is 0 Å². The Hall–Kier alpha value is -1.92. The van der Waals surface area contributed by atoms with Gasteiger partial charge in [0, 0.05) is 31.7 Å². The molecule has 1 aromatic carbocycles. The molecule has 3 rings (SSSR count). The van der Waals surface area contributed by atoms with Crippen LogP contribution in [0.5, 0.6) is 0 Å². The second-order valence-electron chi connectivity index (χ2n) is 5.44. The average molecular weight is 288 g/mol. The van der Waals surface area contributed by atoms with E-state index in [2.05, 4.69) is 4.90 Å². The van der Waals surface area contributed by atoms with E-state index in [9.17, 15) is 9.59 Å². The zero-order valence-electron chi connectivity index (χ0n) is 11.9. The molecule has 0 bridgehead atoms. The Balaban J connectivity index is 1.76. The fourth-order valence-electron chi connectivity index (χ4n) is 3.10. The van der Waals surface area contributed by atoms with E-state index in [0.29, 0.717) is 18.7 Å². The Morgan fingerprint density at radius 3 is 2.71 bits per heavy atom. The van der Waals surface area contributed by atoms with Crippen LogP contribution >= 0.6 is 0 Å². The maximum Gasteiger partial charge on any atom is 0.254 e. The predicted molar refractivity (Wildman–Crippen MR) is 78.5 cm³/mol. The summed E-state index contributed by atoms with van der Waals surface area (Å²) in [5.41, 5.74) is 6.25. The van der Waals surface area contributed by atoms with E-state index in [-0.39, 0.29) is 24.5 Å². The van der Waals surface area contributed by atoms with Crippen LogP contribution in [0, 0.1) is 0 Å². The van der Waals surface area contributed by atoms with Crippen LogP contribution in [0.1, 0.15) is 10.4 Å². The second kappa shape index (κ2) is 5.83. The lowest BCUT2D eigenvalue weighted by atomic mass is 10.1. The molecule has 2 amide bonds. The standard InChI is InChI=1S/C15H20N4O2/c16-6-7-17-8-9-19-13(17)10-18(11-14(19)20)15(21)12-4-2-1-3-5-12/h1-5,13H,6-11,16H2. The Morgan fingerprint density at radius 2 is 2.00 bits per heavy atom. The van der Waals surface area contributed by atoms with Gasteiger partial charge < -0.3 is 15.5 Å². The molecule has 1 atom stereocenters. The topological polar surface area (TPSA) is 69.9 Å². The molecule has 1 unspecified atom stereocenters. The number of carbonyl (C=O) groups is 2. The third kappa shape index (κ3) is 2.64. The molecule has 0 radical (unpaired) electrons. The van der Waals surface area contributed by atoms with Crippen LogP contribution in [0.2, 0.25) is 0 Å². The quantitative estimate of drug-likeness (QED) is 0.819. The van der Waals surface area contributed by atoms with Crippen molar-refractivity contribution in [1.29, 1.82) is 0 Å². The number of piperazine rings is 1. The van der Waals surface area contributed by atoms with Gasteiger partial charge in [-0.2, -0.15) is 0 Å². The first kappa shape index (κ1) is 14.0. The number of nitrogens with two attached hydrogens (primary N) is 1. The molecular weight excluding hydrogens is 268 g/mol. The van der Waals surface area contributed by atoms with Crippen molar-refractivity contribution < 1.29 is 9.59 Å². The van der Waals surface area contributed by atoms with Crippen LogP contribution in [-0.2, 0) is 4.79 Å². The number of fused-ring (bicyclic) bond motifs is 1. The van der Waals surface area contributed by atoms with Crippen LogP contribution in [-0.4, -0.2) is 71.9 Å². The van der Waals surface area contributed by atoms with Crippen molar-refractivity contribution in [2.75, 3.05) is 39.3 Å². The minimum absolute atomic E-state index is 0.0232. The van der Waals surface area contributed by atoms with E-state index >= 15 is 0 Å². The molecule has 0 aromatic heterocycles. The molecule has 2 aliphatic rings. The van der Waals surface area contributed by atoms with Crippen LogP contribution in [0.3, 0.4) is 0 Å². The summed E-state index contributed by atoms with van der Waals surface area (Å²) in [4.78, 5) is 30.5. The molecule has 2 fully saturated rings. The van der Waals surface area contributed by atoms with Crippen LogP contribution in [0.25, 0.3) is 0 Å². The Morgan fingerprint density at radius 1 is 1.24 bits per heavy atom. The highest BCUT2D eigenvalue weighted by Crippen LogP contribution is 2.21. The van der Waals surface area contributed by atoms with E-state index in [1.165, 1.54) is 0 Å². The summed E-state index contributed by atoms with van der Waals surface area (Å²) < 4.78 is 0. The monoisotopic (exact) mass is 288 g/mol. The minimum atomic E-state index is -0.0804. The van der Waals surface area contributed by atoms with Crippen molar-refractivity contribution >= 4 is 11.8 Å². The summed E-state index contributed by atoms with van der Waals surface area (Å²) in [6.45, 7) is 3.60. The number of carbonyl (C=O) groups excluding carboxylic acids is 2. The SMILES string of the molecule is NCCN1CCN2C(=O)CN(C(=O)c3ccccc3)CC12. The fraction of sp³-hybridized carbons (Fsp3) is 0.467. The van der Waals surface area contributed by atoms with E-state index in [1.54, 1.807) is 17.0 Å². The smallest absolute Gasteiger partial charge is 0.254 e. The minimum Gasteiger partial charge on any atom is -0.329 e. The number of hydrogen-bond donors (Lipinski definition) is 1. The molecule has 6 nitrogen and oxygen atoms in total. The third-order valence-corrected chi connectivity index (χ3v) is 4.16. The number of amides is 2. The number of hydrogen-bond acceptors (Lipinski definition) is 4. The van der Waals surface area contributed by atoms with Gasteiger partial charge in [0.2, 0.25) is 5.91 Å². The summed E-state index contributed by atoms with van der Waals surface area (Å²) >= 11 is 0. The van der Waals surface area contributed by atoms with E-state index in [1.807, 2.05) is 23.1 Å². The number of nitrogens with zero attached hydrogens (tertiary/aromatic N) is 3. The van der Waals surface area contributed by atoms with Gasteiger partial charge >= 0.3 is 0 Å². The largest absolute Gasteiger partial charge is 0.329 e. The van der Waals surface area contributed by atoms with Crippen LogP contribution in [0.15, 0.2) is 30.3 Å². The summed E-state index contributed by atoms with van der Waals surface area (Å²) in [5.74, 6) is -0.0572. The molecule has 2 heterocycles. The van der Waals surface area contributed by atoms with Crippen molar-refractivity contribution in [3.63, 3.8) is 0 Å². The van der Waals surface area contributed by atoms with Gasteiger partial charge in [0.25, 0.3) is 5.91 Å². The van der Waals surface area contributed by atoms with Gasteiger partial charge in [-0.3, -0.25) is 14.5 Å². The van der Waals surface area contributed by atoms with Gasteiger partial charge in [-0.25, -0.2) is 0 Å². The normalized spacial score (nSPS) is 22.5. The lowest BCUT2D eigenvalue weighted by Crippen LogP contribution is -2.59. The molecule has 21 heavy (non-hydrogen) atoms. The Labute approximate surface area is 124 Å². The molecule has 2 saturated heterocycles. The summed E-state index contributed by atoms with van der Waals surface area (Å²) in [7, 11) is 0. The highest BCUT2D eigenvalue weighted by Gasteiger charge is 2.41. The fourth-order valence-corrected chi connectivity index (χ4v) is 3.10. The first-order valence-electron chi connectivity index (χ1n) is 7.28. The predicted octanol–water partition coefficient (Wildman–Crippen LogP) is -0.429. The summed E-state index contributed by atoms with van der Waals surface area (Å²) in [5, 5.41) is 0. The van der Waals surface area contributed by atoms with Gasteiger partial charge in [0.05, 0.1) is 6.54 Å². The lowest BCUT2D eigenvalue weighted by Gasteiger charge is -2.39. The zero-order valence-corrected chi connectivity index (χ0v) is 11.9. The van der Waals surface area contributed by atoms with Crippen molar-refractivity contribution in [3.05, 3.63) is 35.9 Å². The summed E-state index contributed by atoms with van der Waals surface area (Å²) in [6, 6.07) is 9.11. The molecule has 0 aliphatic carbocycles. The van der Waals surface area contributed by atoms with Crippen molar-refractivity contribution in [3.8, 4) is 0 Å². The van der Waals surface area contributed by atoms with Gasteiger partial charge in [-0.05, 0) is 12.1 Å². The van der Waals surface area contributed by atoms with Crippen molar-refractivity contribution in [2.24, 2.45) is 5.73 Å². The molecular formula is C15H20N4O2. The van der Waals surface area contributed by atoms with E-state index < -0.39 is 0 Å². The Bertz CT molecular complexity index is 534. The molecule has 2 aliphatic heterocycles. The van der Waals surface area contributed by atoms with E-state index in [4.69, 9.17) is 5.73 Å². The molecule has 112 valence electrons. The summed E-state index contributed by atoms with van der Waals surface area (Å²) in [6.07, 6.45) is -0.0255. The number of rotatable bonds is 3. The van der Waals surface area contributed by atoms with Gasteiger partial charge in [-0.15, -0.1) is 0 Å². The van der Waals surface area contributed by atoms with Crippen molar-refractivity contribution in [2.45, 2.75) is 6.17 Å². The number of benzene rings is 1. The van der Waals surface area contributed by atoms with Gasteiger partial charge in [0.1, 0.15) is 12.7 Å². The van der Waals surface area contributed by atoms with Crippen LogP contribution < -0.4 is 5.73 Å². The van der Waals surface area contributed by atoms with Crippen molar-refractivity contribution in [1.82, 2.24) is 14.7 Å². The van der Waals surface area contributed by atoms with Gasteiger partial charge in [-0.1, -0.05) is 18.2 Å². The van der Waals surface area contributed by atoms with Gasteiger partial charge in [0.15, 0.2) is 0 Å². The average Bonchev–Trinajstić information content (AvgIpc) is 2.91. The zero-order chi connectivity index (χ0) is 14.8. The third-order valence-electron chi connectivity index (χ3n) is 4.16. The molecule has 1 aromatic rings. The molecule has 6 heteroatoms. The Kier molecular flexibility index (Phi) is 3.90. The maximum absolute atomic E-state index is 12.5. The molecule has 2 N–H and O–H groups in total.